The van der Waals surface area contributed by atoms with Gasteiger partial charge in [-0.1, -0.05) is 11.6 Å². The second kappa shape index (κ2) is 5.22. The van der Waals surface area contributed by atoms with Crippen LogP contribution in [-0.4, -0.2) is 17.5 Å². The van der Waals surface area contributed by atoms with Crippen molar-refractivity contribution in [1.29, 1.82) is 5.26 Å². The van der Waals surface area contributed by atoms with Crippen LogP contribution in [-0.2, 0) is 0 Å². The third-order valence-corrected chi connectivity index (χ3v) is 2.73. The zero-order chi connectivity index (χ0) is 12.3. The molecule has 1 heterocycles. The summed E-state index contributed by atoms with van der Waals surface area (Å²) in [6.45, 7) is 0.347. The second-order valence-electron chi connectivity index (χ2n) is 3.32. The molecule has 0 saturated heterocycles. The average Bonchev–Trinajstić information content (AvgIpc) is 2.36. The molecule has 0 radical (unpaired) electrons. The maximum Gasteiger partial charge on any atom is 0.137 e. The molecule has 0 fully saturated rings. The maximum atomic E-state index is 9.03. The van der Waals surface area contributed by atoms with Crippen molar-refractivity contribution in [2.24, 2.45) is 0 Å². The molecule has 86 valence electrons. The van der Waals surface area contributed by atoms with Crippen LogP contribution in [0.5, 0.6) is 5.75 Å². The number of aromatic nitrogens is 1. The lowest BCUT2D eigenvalue weighted by Crippen LogP contribution is -2.00. The van der Waals surface area contributed by atoms with Crippen molar-refractivity contribution < 1.29 is 4.74 Å². The Morgan fingerprint density at radius 3 is 2.94 bits per heavy atom. The van der Waals surface area contributed by atoms with E-state index in [0.717, 1.165) is 10.8 Å². The quantitative estimate of drug-likeness (QED) is 0.632. The molecule has 0 aliphatic heterocycles. The molecule has 5 heteroatoms. The summed E-state index contributed by atoms with van der Waals surface area (Å²) < 4.78 is 5.40. The topological polar surface area (TPSA) is 45.9 Å². The van der Waals surface area contributed by atoms with Crippen LogP contribution >= 0.6 is 23.2 Å². The standard InChI is InChI=1S/C12H8Cl2N2O/c13-2-4-17-11-6-10-8(5-9(11)7-15)1-3-16-12(10)14/h1,3,5-6H,2,4H2. The fraction of sp³-hybridized carbons (Fsp3) is 0.167. The van der Waals surface area contributed by atoms with Crippen LogP contribution in [0.2, 0.25) is 5.15 Å². The van der Waals surface area contributed by atoms with Crippen molar-refractivity contribution in [3.8, 4) is 11.8 Å². The zero-order valence-corrected chi connectivity index (χ0v) is 10.3. The van der Waals surface area contributed by atoms with Crippen LogP contribution < -0.4 is 4.74 Å². The summed E-state index contributed by atoms with van der Waals surface area (Å²) in [5.74, 6) is 0.847. The molecular formula is C12H8Cl2N2O. The summed E-state index contributed by atoms with van der Waals surface area (Å²) >= 11 is 11.5. The third kappa shape index (κ3) is 2.44. The molecule has 1 aromatic carbocycles. The molecule has 0 unspecified atom stereocenters. The van der Waals surface area contributed by atoms with Crippen LogP contribution in [0, 0.1) is 11.3 Å². The van der Waals surface area contributed by atoms with E-state index < -0.39 is 0 Å². The summed E-state index contributed by atoms with van der Waals surface area (Å²) in [5.41, 5.74) is 0.463. The average molecular weight is 267 g/mol. The minimum Gasteiger partial charge on any atom is -0.491 e. The van der Waals surface area contributed by atoms with E-state index in [4.69, 9.17) is 33.2 Å². The SMILES string of the molecule is N#Cc1cc2ccnc(Cl)c2cc1OCCCl. The zero-order valence-electron chi connectivity index (χ0n) is 8.78. The van der Waals surface area contributed by atoms with Crippen molar-refractivity contribution in [3.63, 3.8) is 0 Å². The Hall–Kier alpha value is -1.50. The molecule has 2 rings (SSSR count). The molecule has 2 aromatic rings. The number of fused-ring (bicyclic) bond motifs is 1. The van der Waals surface area contributed by atoms with Gasteiger partial charge in [0.25, 0.3) is 0 Å². The number of rotatable bonds is 3. The number of alkyl halides is 1. The first kappa shape index (κ1) is 12.0. The van der Waals surface area contributed by atoms with Gasteiger partial charge < -0.3 is 4.74 Å². The van der Waals surface area contributed by atoms with Crippen molar-refractivity contribution in [1.82, 2.24) is 4.98 Å². The number of hydrogen-bond acceptors (Lipinski definition) is 3. The van der Waals surface area contributed by atoms with Crippen LogP contribution in [0.4, 0.5) is 0 Å². The highest BCUT2D eigenvalue weighted by Crippen LogP contribution is 2.29. The molecule has 0 aliphatic rings. The van der Waals surface area contributed by atoms with Gasteiger partial charge in [-0.3, -0.25) is 0 Å². The predicted octanol–water partition coefficient (Wildman–Crippen LogP) is 3.38. The third-order valence-electron chi connectivity index (χ3n) is 2.27. The lowest BCUT2D eigenvalue weighted by Gasteiger charge is -2.08. The van der Waals surface area contributed by atoms with E-state index in [-0.39, 0.29) is 0 Å². The Morgan fingerprint density at radius 2 is 2.24 bits per heavy atom. The van der Waals surface area contributed by atoms with Gasteiger partial charge in [0.1, 0.15) is 23.6 Å². The molecule has 0 saturated carbocycles. The van der Waals surface area contributed by atoms with Crippen LogP contribution in [0.15, 0.2) is 24.4 Å². The lowest BCUT2D eigenvalue weighted by molar-refractivity contribution is 0.342. The monoisotopic (exact) mass is 266 g/mol. The van der Waals surface area contributed by atoms with Crippen LogP contribution in [0.1, 0.15) is 5.56 Å². The van der Waals surface area contributed by atoms with Gasteiger partial charge in [-0.25, -0.2) is 4.98 Å². The largest absolute Gasteiger partial charge is 0.491 e. The van der Waals surface area contributed by atoms with Gasteiger partial charge in [-0.15, -0.1) is 11.6 Å². The highest BCUT2D eigenvalue weighted by atomic mass is 35.5. The Kier molecular flexibility index (Phi) is 3.68. The molecule has 0 amide bonds. The highest BCUT2D eigenvalue weighted by Gasteiger charge is 2.08. The first-order valence-electron chi connectivity index (χ1n) is 4.93. The van der Waals surface area contributed by atoms with Gasteiger partial charge in [0, 0.05) is 11.6 Å². The first-order valence-corrected chi connectivity index (χ1v) is 5.84. The fourth-order valence-corrected chi connectivity index (χ4v) is 1.82. The van der Waals surface area contributed by atoms with Crippen molar-refractivity contribution in [3.05, 3.63) is 35.1 Å². The molecular weight excluding hydrogens is 259 g/mol. The van der Waals surface area contributed by atoms with Gasteiger partial charge >= 0.3 is 0 Å². The number of ether oxygens (including phenoxy) is 1. The highest BCUT2D eigenvalue weighted by molar-refractivity contribution is 6.34. The molecule has 0 atom stereocenters. The number of halogens is 2. The summed E-state index contributed by atoms with van der Waals surface area (Å²) in [6, 6.07) is 7.33. The number of benzene rings is 1. The molecule has 3 nitrogen and oxygen atoms in total. The normalized spacial score (nSPS) is 10.2. The number of pyridine rings is 1. The molecule has 0 N–H and O–H groups in total. The second-order valence-corrected chi connectivity index (χ2v) is 4.06. The Labute approximate surface area is 109 Å². The van der Waals surface area contributed by atoms with E-state index in [1.54, 1.807) is 24.4 Å². The smallest absolute Gasteiger partial charge is 0.137 e. The van der Waals surface area contributed by atoms with Gasteiger partial charge in [-0.05, 0) is 23.6 Å². The van der Waals surface area contributed by atoms with Crippen molar-refractivity contribution in [2.75, 3.05) is 12.5 Å². The molecule has 17 heavy (non-hydrogen) atoms. The lowest BCUT2D eigenvalue weighted by atomic mass is 10.1. The van der Waals surface area contributed by atoms with E-state index in [2.05, 4.69) is 11.1 Å². The van der Waals surface area contributed by atoms with E-state index in [1.165, 1.54) is 0 Å². The molecule has 0 spiro atoms. The van der Waals surface area contributed by atoms with Gasteiger partial charge in [-0.2, -0.15) is 5.26 Å². The summed E-state index contributed by atoms with van der Waals surface area (Å²) in [4.78, 5) is 3.99. The van der Waals surface area contributed by atoms with Gasteiger partial charge in [0.05, 0.1) is 11.4 Å². The minimum absolute atomic E-state index is 0.347. The van der Waals surface area contributed by atoms with E-state index in [9.17, 15) is 0 Å². The van der Waals surface area contributed by atoms with Gasteiger partial charge in [0.15, 0.2) is 0 Å². The van der Waals surface area contributed by atoms with Gasteiger partial charge in [0.2, 0.25) is 0 Å². The fourth-order valence-electron chi connectivity index (χ4n) is 1.52. The summed E-state index contributed by atoms with van der Waals surface area (Å²) in [6.07, 6.45) is 1.60. The minimum atomic E-state index is 0.347. The number of hydrogen-bond donors (Lipinski definition) is 0. The first-order chi connectivity index (χ1) is 8.26. The van der Waals surface area contributed by atoms with Crippen LogP contribution in [0.3, 0.4) is 0 Å². The Balaban J connectivity index is 2.58. The van der Waals surface area contributed by atoms with E-state index >= 15 is 0 Å². The predicted molar refractivity (Wildman–Crippen MR) is 67.7 cm³/mol. The molecule has 1 aromatic heterocycles. The summed E-state index contributed by atoms with van der Waals surface area (Å²) in [7, 11) is 0. The summed E-state index contributed by atoms with van der Waals surface area (Å²) in [5, 5.41) is 11.0. The van der Waals surface area contributed by atoms with E-state index in [1.807, 2.05) is 0 Å². The van der Waals surface area contributed by atoms with Crippen molar-refractivity contribution >= 4 is 34.0 Å². The Bertz CT molecular complexity index is 593. The molecule has 0 aliphatic carbocycles. The van der Waals surface area contributed by atoms with Crippen molar-refractivity contribution in [2.45, 2.75) is 0 Å². The number of nitrogens with zero attached hydrogens (tertiary/aromatic N) is 2. The maximum absolute atomic E-state index is 9.03. The van der Waals surface area contributed by atoms with E-state index in [0.29, 0.717) is 29.0 Å². The Morgan fingerprint density at radius 1 is 1.41 bits per heavy atom. The van der Waals surface area contributed by atoms with Crippen LogP contribution in [0.25, 0.3) is 10.8 Å². The molecule has 0 bridgehead atoms. The number of nitriles is 1.